The number of hydrogen-bond donors (Lipinski definition) is 2. The molecule has 2 saturated heterocycles. The van der Waals surface area contributed by atoms with Gasteiger partial charge in [-0.25, -0.2) is 0 Å². The molecule has 0 bridgehead atoms. The summed E-state index contributed by atoms with van der Waals surface area (Å²) in [6, 6.07) is 15.2. The van der Waals surface area contributed by atoms with Crippen molar-refractivity contribution in [3.63, 3.8) is 0 Å². The fourth-order valence-corrected chi connectivity index (χ4v) is 4.26. The first-order chi connectivity index (χ1) is 17.1. The number of rotatable bonds is 9. The van der Waals surface area contributed by atoms with Crippen LogP contribution in [0.15, 0.2) is 48.5 Å². The van der Waals surface area contributed by atoms with Crippen molar-refractivity contribution in [2.45, 2.75) is 26.1 Å². The summed E-state index contributed by atoms with van der Waals surface area (Å²) in [5.74, 6) is -0.284. The summed E-state index contributed by atoms with van der Waals surface area (Å²) in [5.41, 5.74) is 3.59. The number of hydrogen-bond acceptors (Lipinski definition) is 6. The molecule has 0 saturated carbocycles. The third kappa shape index (κ3) is 7.86. The number of nitrogens with one attached hydrogen (secondary N) is 2. The lowest BCUT2D eigenvalue weighted by molar-refractivity contribution is 0.0341. The Balaban J connectivity index is 1.19. The molecule has 0 unspecified atom stereocenters. The Bertz CT molecular complexity index is 952. The van der Waals surface area contributed by atoms with E-state index in [1.54, 1.807) is 0 Å². The fraction of sp³-hybridized carbons (Fsp3) is 0.481. The van der Waals surface area contributed by atoms with Crippen molar-refractivity contribution in [3.8, 4) is 0 Å². The summed E-state index contributed by atoms with van der Waals surface area (Å²) in [6.45, 7) is 10.8. The molecular weight excluding hydrogens is 444 g/mol. The fourth-order valence-electron chi connectivity index (χ4n) is 4.26. The van der Waals surface area contributed by atoms with Crippen molar-refractivity contribution in [1.82, 2.24) is 20.4 Å². The number of benzene rings is 2. The zero-order valence-corrected chi connectivity index (χ0v) is 20.5. The van der Waals surface area contributed by atoms with Gasteiger partial charge < -0.3 is 20.1 Å². The van der Waals surface area contributed by atoms with Gasteiger partial charge in [-0.15, -0.1) is 0 Å². The lowest BCUT2D eigenvalue weighted by Gasteiger charge is -2.26. The molecule has 0 spiro atoms. The van der Waals surface area contributed by atoms with Crippen LogP contribution in [0.4, 0.5) is 0 Å². The van der Waals surface area contributed by atoms with Crippen LogP contribution in [0.1, 0.15) is 38.8 Å². The summed E-state index contributed by atoms with van der Waals surface area (Å²) < 4.78 is 10.8. The Morgan fingerprint density at radius 2 is 1.17 bits per heavy atom. The highest BCUT2D eigenvalue weighted by atomic mass is 16.5. The minimum absolute atomic E-state index is 0.142. The summed E-state index contributed by atoms with van der Waals surface area (Å²) >= 11 is 0. The van der Waals surface area contributed by atoms with Gasteiger partial charge in [-0.05, 0) is 42.3 Å². The SMILES string of the molecule is C[C@H](CNC(=O)c1ccc(CN2CCOCC2)cc1)NC(=O)c1ccc(CN2CCOCC2)cc1. The van der Waals surface area contributed by atoms with E-state index in [2.05, 4.69) is 20.4 Å². The first-order valence-corrected chi connectivity index (χ1v) is 12.4. The minimum atomic E-state index is -0.194. The van der Waals surface area contributed by atoms with E-state index in [1.807, 2.05) is 55.5 Å². The molecule has 0 aliphatic carbocycles. The van der Waals surface area contributed by atoms with Crippen LogP contribution in [-0.4, -0.2) is 86.8 Å². The van der Waals surface area contributed by atoms with E-state index < -0.39 is 0 Å². The summed E-state index contributed by atoms with van der Waals surface area (Å²) in [6.07, 6.45) is 0. The van der Waals surface area contributed by atoms with Crippen LogP contribution in [0.3, 0.4) is 0 Å². The van der Waals surface area contributed by atoms with Crippen molar-refractivity contribution in [2.75, 3.05) is 59.2 Å². The molecule has 2 aromatic carbocycles. The Hall–Kier alpha value is -2.78. The van der Waals surface area contributed by atoms with Gasteiger partial charge in [0.2, 0.25) is 0 Å². The first kappa shape index (κ1) is 25.3. The highest BCUT2D eigenvalue weighted by Gasteiger charge is 2.15. The summed E-state index contributed by atoms with van der Waals surface area (Å²) in [4.78, 5) is 29.9. The van der Waals surface area contributed by atoms with Crippen LogP contribution in [-0.2, 0) is 22.6 Å². The molecule has 2 N–H and O–H groups in total. The topological polar surface area (TPSA) is 83.1 Å². The van der Waals surface area contributed by atoms with E-state index in [0.29, 0.717) is 17.7 Å². The maximum atomic E-state index is 12.6. The number of amides is 2. The van der Waals surface area contributed by atoms with Gasteiger partial charge in [0, 0.05) is 63.0 Å². The van der Waals surface area contributed by atoms with Gasteiger partial charge in [0.1, 0.15) is 0 Å². The zero-order valence-electron chi connectivity index (χ0n) is 20.5. The average Bonchev–Trinajstić information content (AvgIpc) is 2.89. The minimum Gasteiger partial charge on any atom is -0.379 e. The number of ether oxygens (including phenoxy) is 2. The van der Waals surface area contributed by atoms with Gasteiger partial charge in [-0.2, -0.15) is 0 Å². The van der Waals surface area contributed by atoms with Crippen LogP contribution in [0.25, 0.3) is 0 Å². The average molecular weight is 481 g/mol. The molecule has 8 nitrogen and oxygen atoms in total. The quantitative estimate of drug-likeness (QED) is 0.571. The van der Waals surface area contributed by atoms with Gasteiger partial charge in [0.25, 0.3) is 11.8 Å². The third-order valence-electron chi connectivity index (χ3n) is 6.40. The van der Waals surface area contributed by atoms with Crippen molar-refractivity contribution < 1.29 is 19.1 Å². The van der Waals surface area contributed by atoms with Crippen molar-refractivity contribution in [3.05, 3.63) is 70.8 Å². The Morgan fingerprint density at radius 3 is 1.63 bits per heavy atom. The predicted octanol–water partition coefficient (Wildman–Crippen LogP) is 1.90. The molecule has 4 rings (SSSR count). The second-order valence-electron chi connectivity index (χ2n) is 9.26. The molecule has 2 aliphatic rings. The molecule has 2 fully saturated rings. The van der Waals surface area contributed by atoms with Gasteiger partial charge in [-0.1, -0.05) is 24.3 Å². The predicted molar refractivity (Wildman–Crippen MR) is 134 cm³/mol. The molecule has 0 radical (unpaired) electrons. The second kappa shape index (κ2) is 12.8. The van der Waals surface area contributed by atoms with Gasteiger partial charge >= 0.3 is 0 Å². The normalized spacial score (nSPS) is 18.1. The van der Waals surface area contributed by atoms with Gasteiger partial charge in [0.15, 0.2) is 0 Å². The number of carbonyl (C=O) groups excluding carboxylic acids is 2. The Morgan fingerprint density at radius 1 is 0.743 bits per heavy atom. The molecule has 2 heterocycles. The smallest absolute Gasteiger partial charge is 0.251 e. The molecule has 188 valence electrons. The molecular formula is C27H36N4O4. The van der Waals surface area contributed by atoms with Crippen LogP contribution in [0.2, 0.25) is 0 Å². The maximum Gasteiger partial charge on any atom is 0.251 e. The summed E-state index contributed by atoms with van der Waals surface area (Å²) in [7, 11) is 0. The lowest BCUT2D eigenvalue weighted by Crippen LogP contribution is -2.41. The lowest BCUT2D eigenvalue weighted by atomic mass is 10.1. The van der Waals surface area contributed by atoms with Crippen LogP contribution in [0, 0.1) is 0 Å². The molecule has 2 aromatic rings. The Labute approximate surface area is 207 Å². The highest BCUT2D eigenvalue weighted by Crippen LogP contribution is 2.11. The van der Waals surface area contributed by atoms with E-state index in [4.69, 9.17) is 9.47 Å². The second-order valence-corrected chi connectivity index (χ2v) is 9.26. The number of morpholine rings is 2. The largest absolute Gasteiger partial charge is 0.379 e. The molecule has 2 amide bonds. The number of nitrogens with zero attached hydrogens (tertiary/aromatic N) is 2. The van der Waals surface area contributed by atoms with Crippen molar-refractivity contribution >= 4 is 11.8 Å². The van der Waals surface area contributed by atoms with Crippen LogP contribution in [0.5, 0.6) is 0 Å². The van der Waals surface area contributed by atoms with Crippen LogP contribution < -0.4 is 10.6 Å². The summed E-state index contributed by atoms with van der Waals surface area (Å²) in [5, 5.41) is 5.88. The number of carbonyl (C=O) groups is 2. The van der Waals surface area contributed by atoms with Gasteiger partial charge in [0.05, 0.1) is 26.4 Å². The van der Waals surface area contributed by atoms with Gasteiger partial charge in [-0.3, -0.25) is 19.4 Å². The highest BCUT2D eigenvalue weighted by molar-refractivity contribution is 5.95. The maximum absolute atomic E-state index is 12.6. The zero-order chi connectivity index (χ0) is 24.5. The van der Waals surface area contributed by atoms with Crippen molar-refractivity contribution in [2.24, 2.45) is 0 Å². The molecule has 8 heteroatoms. The van der Waals surface area contributed by atoms with E-state index in [1.165, 1.54) is 11.1 Å². The monoisotopic (exact) mass is 480 g/mol. The Kier molecular flexibility index (Phi) is 9.25. The molecule has 1 atom stereocenters. The standard InChI is InChI=1S/C27H36N4O4/c1-21(29-27(33)25-8-4-23(5-9-25)20-31-12-16-35-17-13-31)18-28-26(32)24-6-2-22(3-7-24)19-30-10-14-34-15-11-30/h2-9,21H,10-20H2,1H3,(H,28,32)(H,29,33)/t21-/m1/s1. The molecule has 2 aliphatic heterocycles. The molecule has 0 aromatic heterocycles. The molecule has 35 heavy (non-hydrogen) atoms. The first-order valence-electron chi connectivity index (χ1n) is 12.4. The van der Waals surface area contributed by atoms with E-state index in [0.717, 1.165) is 65.7 Å². The third-order valence-corrected chi connectivity index (χ3v) is 6.40. The van der Waals surface area contributed by atoms with E-state index >= 15 is 0 Å². The van der Waals surface area contributed by atoms with E-state index in [-0.39, 0.29) is 17.9 Å². The van der Waals surface area contributed by atoms with Crippen molar-refractivity contribution in [1.29, 1.82) is 0 Å². The van der Waals surface area contributed by atoms with Crippen LogP contribution >= 0.6 is 0 Å². The van der Waals surface area contributed by atoms with E-state index in [9.17, 15) is 9.59 Å².